The van der Waals surface area contributed by atoms with Gasteiger partial charge in [-0.25, -0.2) is 9.97 Å². The van der Waals surface area contributed by atoms with E-state index in [1.165, 1.54) is 6.20 Å². The first kappa shape index (κ1) is 18.6. The summed E-state index contributed by atoms with van der Waals surface area (Å²) in [5.74, 6) is 0.394. The van der Waals surface area contributed by atoms with Crippen LogP contribution in [0.3, 0.4) is 0 Å². The molecule has 3 rings (SSSR count). The van der Waals surface area contributed by atoms with Crippen LogP contribution in [0.5, 0.6) is 0 Å². The monoisotopic (exact) mass is 368 g/mol. The zero-order chi connectivity index (χ0) is 19.4. The molecule has 0 radical (unpaired) electrons. The minimum atomic E-state index is -0.317. The predicted octanol–water partition coefficient (Wildman–Crippen LogP) is 1.95. The van der Waals surface area contributed by atoms with E-state index in [2.05, 4.69) is 25.9 Å². The first-order valence-electron chi connectivity index (χ1n) is 8.95. The summed E-state index contributed by atoms with van der Waals surface area (Å²) in [7, 11) is 1.57. The van der Waals surface area contributed by atoms with Crippen LogP contribution >= 0.6 is 0 Å². The van der Waals surface area contributed by atoms with Gasteiger partial charge in [-0.1, -0.05) is 12.5 Å². The zero-order valence-electron chi connectivity index (χ0n) is 15.5. The van der Waals surface area contributed by atoms with Gasteiger partial charge in [0.1, 0.15) is 11.6 Å². The first-order chi connectivity index (χ1) is 13.0. The number of rotatable bonds is 6. The van der Waals surface area contributed by atoms with E-state index in [9.17, 15) is 9.59 Å². The normalized spacial score (nSPS) is 18.7. The number of hydrogen-bond donors (Lipinski definition) is 4. The fourth-order valence-electron chi connectivity index (χ4n) is 3.30. The summed E-state index contributed by atoms with van der Waals surface area (Å²) in [5.41, 5.74) is 7.60. The van der Waals surface area contributed by atoms with E-state index < -0.39 is 0 Å². The molecule has 1 aliphatic carbocycles. The number of nitrogens with zero attached hydrogens (tertiary/aromatic N) is 2. The Morgan fingerprint density at radius 1 is 1.15 bits per heavy atom. The topological polar surface area (TPSA) is 122 Å². The largest absolute Gasteiger partial charge is 0.381 e. The lowest BCUT2D eigenvalue weighted by Gasteiger charge is -2.21. The lowest BCUT2D eigenvalue weighted by molar-refractivity contribution is -0.121. The number of nitrogens with two attached hydrogens (primary N) is 1. The van der Waals surface area contributed by atoms with E-state index in [1.54, 1.807) is 19.3 Å². The molecule has 2 aromatic heterocycles. The molecule has 2 aromatic rings. The van der Waals surface area contributed by atoms with Crippen LogP contribution in [0.1, 0.15) is 35.2 Å². The third-order valence-electron chi connectivity index (χ3n) is 4.77. The Bertz CT molecular complexity index is 837. The van der Waals surface area contributed by atoms with Crippen molar-refractivity contribution in [3.8, 4) is 0 Å². The number of nitrogens with one attached hydrogen (secondary N) is 3. The molecule has 0 unspecified atom stereocenters. The molecule has 5 N–H and O–H groups in total. The van der Waals surface area contributed by atoms with Gasteiger partial charge in [-0.05, 0) is 31.4 Å². The summed E-state index contributed by atoms with van der Waals surface area (Å²) < 4.78 is 0. The van der Waals surface area contributed by atoms with Gasteiger partial charge in [0.2, 0.25) is 5.91 Å². The molecule has 142 valence electrons. The van der Waals surface area contributed by atoms with Crippen molar-refractivity contribution >= 4 is 29.1 Å². The predicted molar refractivity (Wildman–Crippen MR) is 104 cm³/mol. The molecular weight excluding hydrogens is 344 g/mol. The summed E-state index contributed by atoms with van der Waals surface area (Å²) in [5, 5.41) is 9.07. The second kappa shape index (κ2) is 8.03. The minimum Gasteiger partial charge on any atom is -0.381 e. The molecule has 2 atom stereocenters. The van der Waals surface area contributed by atoms with Crippen molar-refractivity contribution in [2.45, 2.75) is 32.2 Å². The number of pyridine rings is 2. The van der Waals surface area contributed by atoms with Crippen molar-refractivity contribution in [1.29, 1.82) is 0 Å². The number of aryl methyl sites for hydroxylation is 1. The van der Waals surface area contributed by atoms with Crippen LogP contribution < -0.4 is 21.7 Å². The van der Waals surface area contributed by atoms with Gasteiger partial charge in [0, 0.05) is 31.5 Å². The highest BCUT2D eigenvalue weighted by atomic mass is 16.2. The van der Waals surface area contributed by atoms with E-state index in [0.717, 1.165) is 24.8 Å². The maximum absolute atomic E-state index is 12.2. The quantitative estimate of drug-likeness (QED) is 0.618. The van der Waals surface area contributed by atoms with Gasteiger partial charge in [0.05, 0.1) is 17.2 Å². The molecule has 27 heavy (non-hydrogen) atoms. The van der Waals surface area contributed by atoms with Gasteiger partial charge >= 0.3 is 0 Å². The highest BCUT2D eigenvalue weighted by Gasteiger charge is 2.32. The van der Waals surface area contributed by atoms with Crippen molar-refractivity contribution in [3.63, 3.8) is 0 Å². The second-order valence-corrected chi connectivity index (χ2v) is 6.73. The Hall–Kier alpha value is -3.16. The Morgan fingerprint density at radius 2 is 1.93 bits per heavy atom. The van der Waals surface area contributed by atoms with Crippen LogP contribution in [0, 0.1) is 12.8 Å². The smallest absolute Gasteiger partial charge is 0.254 e. The first-order valence-corrected chi connectivity index (χ1v) is 8.95. The van der Waals surface area contributed by atoms with Gasteiger partial charge in [0.15, 0.2) is 0 Å². The third-order valence-corrected chi connectivity index (χ3v) is 4.77. The Balaban J connectivity index is 1.87. The lowest BCUT2D eigenvalue weighted by atomic mass is 10.0. The Labute approximate surface area is 158 Å². The minimum absolute atomic E-state index is 0.0985. The summed E-state index contributed by atoms with van der Waals surface area (Å²) in [6, 6.07) is 5.46. The van der Waals surface area contributed by atoms with Gasteiger partial charge in [-0.2, -0.15) is 0 Å². The van der Waals surface area contributed by atoms with Crippen molar-refractivity contribution in [2.24, 2.45) is 11.7 Å². The number of aromatic nitrogens is 2. The van der Waals surface area contributed by atoms with Gasteiger partial charge in [-0.15, -0.1) is 0 Å². The van der Waals surface area contributed by atoms with Crippen molar-refractivity contribution < 1.29 is 9.59 Å². The third kappa shape index (κ3) is 4.33. The fraction of sp³-hybridized carbons (Fsp3) is 0.368. The molecule has 1 aliphatic rings. The van der Waals surface area contributed by atoms with E-state index >= 15 is 0 Å². The average molecular weight is 368 g/mol. The number of amides is 2. The number of hydrogen-bond acceptors (Lipinski definition) is 6. The summed E-state index contributed by atoms with van der Waals surface area (Å²) in [6.45, 7) is 1.96. The Kier molecular flexibility index (Phi) is 5.54. The maximum atomic E-state index is 12.2. The van der Waals surface area contributed by atoms with Crippen molar-refractivity contribution in [2.75, 3.05) is 17.7 Å². The van der Waals surface area contributed by atoms with Crippen LogP contribution in [0.15, 0.2) is 30.6 Å². The molecule has 1 fully saturated rings. The molecule has 1 saturated carbocycles. The molecule has 8 heteroatoms. The molecule has 0 saturated heterocycles. The number of carbonyl (C=O) groups is 2. The average Bonchev–Trinajstić information content (AvgIpc) is 3.12. The number of carbonyl (C=O) groups excluding carboxylic acids is 2. The molecule has 0 spiro atoms. The second-order valence-electron chi connectivity index (χ2n) is 6.73. The van der Waals surface area contributed by atoms with E-state index in [0.29, 0.717) is 22.9 Å². The summed E-state index contributed by atoms with van der Waals surface area (Å²) in [4.78, 5) is 32.5. The van der Waals surface area contributed by atoms with Crippen LogP contribution in [0.4, 0.5) is 17.3 Å². The molecule has 2 amide bonds. The molecule has 0 aromatic carbocycles. The number of anilines is 3. The highest BCUT2D eigenvalue weighted by molar-refractivity contribution is 5.99. The zero-order valence-corrected chi connectivity index (χ0v) is 15.5. The van der Waals surface area contributed by atoms with Crippen LogP contribution in [-0.2, 0) is 4.79 Å². The van der Waals surface area contributed by atoms with E-state index in [1.807, 2.05) is 19.1 Å². The van der Waals surface area contributed by atoms with Crippen LogP contribution in [0.25, 0.3) is 0 Å². The van der Waals surface area contributed by atoms with Crippen molar-refractivity contribution in [1.82, 2.24) is 15.3 Å². The van der Waals surface area contributed by atoms with Crippen LogP contribution in [0.2, 0.25) is 0 Å². The summed E-state index contributed by atoms with van der Waals surface area (Å²) in [6.07, 6.45) is 5.77. The number of primary amides is 1. The van der Waals surface area contributed by atoms with Gasteiger partial charge in [-0.3, -0.25) is 9.59 Å². The Morgan fingerprint density at radius 3 is 2.59 bits per heavy atom. The lowest BCUT2D eigenvalue weighted by Crippen LogP contribution is -2.35. The van der Waals surface area contributed by atoms with Crippen LogP contribution in [-0.4, -0.2) is 34.9 Å². The standard InChI is InChI=1S/C19H24N6O2/c1-11-6-7-16(22-9-11)25-17-8-15(13(10-23-17)19(27)21-2)24-14-5-3-4-12(14)18(20)26/h6-10,12,14H,3-5H2,1-2H3,(H2,20,26)(H,21,27)(H2,22,23,24,25)/t12-,14+/m0/s1. The van der Waals surface area contributed by atoms with Gasteiger partial charge in [0.25, 0.3) is 5.91 Å². The SMILES string of the molecule is CNC(=O)c1cnc(Nc2ccc(C)cn2)cc1N[C@@H]1CCC[C@@H]1C(N)=O. The highest BCUT2D eigenvalue weighted by Crippen LogP contribution is 2.30. The van der Waals surface area contributed by atoms with E-state index in [4.69, 9.17) is 5.73 Å². The van der Waals surface area contributed by atoms with E-state index in [-0.39, 0.29) is 23.8 Å². The fourth-order valence-corrected chi connectivity index (χ4v) is 3.30. The molecule has 0 bridgehead atoms. The summed E-state index contributed by atoms with van der Waals surface area (Å²) >= 11 is 0. The van der Waals surface area contributed by atoms with Gasteiger partial charge < -0.3 is 21.7 Å². The van der Waals surface area contributed by atoms with Crippen molar-refractivity contribution in [3.05, 3.63) is 41.7 Å². The molecule has 2 heterocycles. The molecule has 0 aliphatic heterocycles. The maximum Gasteiger partial charge on any atom is 0.254 e. The molecular formula is C19H24N6O2. The molecule has 8 nitrogen and oxygen atoms in total.